The first-order valence-electron chi connectivity index (χ1n) is 8.59. The molecule has 1 aromatic carbocycles. The number of H-pyrrole nitrogens is 1. The predicted molar refractivity (Wildman–Crippen MR) is 96.5 cm³/mol. The van der Waals surface area contributed by atoms with Gasteiger partial charge in [-0.15, -0.1) is 0 Å². The van der Waals surface area contributed by atoms with E-state index in [2.05, 4.69) is 4.98 Å². The van der Waals surface area contributed by atoms with Crippen LogP contribution in [0.1, 0.15) is 48.4 Å². The maximum Gasteiger partial charge on any atom is 0.411 e. The lowest BCUT2D eigenvalue weighted by Crippen LogP contribution is -2.45. The Kier molecular flexibility index (Phi) is 4.66. The zero-order chi connectivity index (χ0) is 19.1. The fourth-order valence-electron chi connectivity index (χ4n) is 3.13. The van der Waals surface area contributed by atoms with Crippen LogP contribution in [0.4, 0.5) is 4.79 Å². The minimum atomic E-state index is -0.961. The van der Waals surface area contributed by atoms with Crippen molar-refractivity contribution in [3.63, 3.8) is 0 Å². The van der Waals surface area contributed by atoms with Crippen LogP contribution in [-0.4, -0.2) is 52.4 Å². The molecular weight excluding hydrogens is 336 g/mol. The fraction of sp³-hybridized carbons (Fsp3) is 0.474. The first kappa shape index (κ1) is 18.3. The minimum absolute atomic E-state index is 0.259. The number of aromatic amines is 1. The number of hydrogen-bond donors (Lipinski definition) is 2. The molecule has 2 heterocycles. The average molecular weight is 360 g/mol. The largest absolute Gasteiger partial charge is 0.478 e. The van der Waals surface area contributed by atoms with Crippen molar-refractivity contribution < 1.29 is 24.2 Å². The van der Waals surface area contributed by atoms with Crippen LogP contribution in [0.3, 0.4) is 0 Å². The summed E-state index contributed by atoms with van der Waals surface area (Å²) in [6.45, 7) is 8.52. The molecule has 1 saturated heterocycles. The van der Waals surface area contributed by atoms with E-state index >= 15 is 0 Å². The summed E-state index contributed by atoms with van der Waals surface area (Å²) in [5, 5.41) is 10.2. The maximum atomic E-state index is 12.6. The van der Waals surface area contributed by atoms with Gasteiger partial charge in [-0.25, -0.2) is 9.59 Å². The lowest BCUT2D eigenvalue weighted by atomic mass is 10.1. The smallest absolute Gasteiger partial charge is 0.411 e. The third-order valence-electron chi connectivity index (χ3n) is 4.33. The molecule has 0 saturated carbocycles. The van der Waals surface area contributed by atoms with Gasteiger partial charge in [0, 0.05) is 23.1 Å². The Bertz CT molecular complexity index is 849. The molecule has 1 unspecified atom stereocenters. The summed E-state index contributed by atoms with van der Waals surface area (Å²) in [4.78, 5) is 28.8. The molecule has 7 heteroatoms. The molecular formula is C19H24N2O5. The molecule has 1 aliphatic rings. The van der Waals surface area contributed by atoms with E-state index in [0.717, 1.165) is 16.6 Å². The third kappa shape index (κ3) is 3.67. The molecule has 1 fully saturated rings. The number of carbonyl (C=O) groups is 2. The van der Waals surface area contributed by atoms with Crippen LogP contribution in [0.2, 0.25) is 0 Å². The molecule has 7 nitrogen and oxygen atoms in total. The second kappa shape index (κ2) is 6.64. The van der Waals surface area contributed by atoms with Gasteiger partial charge in [0.25, 0.3) is 0 Å². The predicted octanol–water partition coefficient (Wildman–Crippen LogP) is 3.48. The van der Waals surface area contributed by atoms with Crippen LogP contribution in [0.15, 0.2) is 18.2 Å². The van der Waals surface area contributed by atoms with Gasteiger partial charge in [-0.05, 0) is 51.5 Å². The zero-order valence-corrected chi connectivity index (χ0v) is 15.5. The van der Waals surface area contributed by atoms with Gasteiger partial charge in [0.15, 0.2) is 0 Å². The Morgan fingerprint density at radius 1 is 1.31 bits per heavy atom. The van der Waals surface area contributed by atoms with Crippen LogP contribution in [0, 0.1) is 6.92 Å². The lowest BCUT2D eigenvalue weighted by molar-refractivity contribution is -0.0339. The summed E-state index contributed by atoms with van der Waals surface area (Å²) in [5.41, 5.74) is 1.90. The highest BCUT2D eigenvalue weighted by Gasteiger charge is 2.33. The number of benzene rings is 1. The Morgan fingerprint density at radius 3 is 2.69 bits per heavy atom. The van der Waals surface area contributed by atoms with Crippen molar-refractivity contribution in [2.75, 3.05) is 19.8 Å². The highest BCUT2D eigenvalue weighted by atomic mass is 16.6. The standard InChI is InChI=1S/C19H24N2O5/c1-11-7-12-8-15(20-14(12)9-13(11)17(22)23)16-10-25-6-5-21(16)18(24)26-19(2,3)4/h7-9,16,20H,5-6,10H2,1-4H3,(H,22,23). The topological polar surface area (TPSA) is 91.9 Å². The van der Waals surface area contributed by atoms with E-state index in [1.165, 1.54) is 0 Å². The molecule has 1 atom stereocenters. The lowest BCUT2D eigenvalue weighted by Gasteiger charge is -2.36. The average Bonchev–Trinajstić information content (AvgIpc) is 2.95. The number of amides is 1. The van der Waals surface area contributed by atoms with E-state index in [-0.39, 0.29) is 17.7 Å². The molecule has 2 N–H and O–H groups in total. The van der Waals surface area contributed by atoms with Crippen molar-refractivity contribution in [3.8, 4) is 0 Å². The number of rotatable bonds is 2. The zero-order valence-electron chi connectivity index (χ0n) is 15.5. The first-order chi connectivity index (χ1) is 12.2. The number of aromatic nitrogens is 1. The van der Waals surface area contributed by atoms with Gasteiger partial charge in [0.05, 0.1) is 24.8 Å². The number of nitrogens with one attached hydrogen (secondary N) is 1. The van der Waals surface area contributed by atoms with Crippen molar-refractivity contribution in [1.82, 2.24) is 9.88 Å². The third-order valence-corrected chi connectivity index (χ3v) is 4.33. The Morgan fingerprint density at radius 2 is 2.04 bits per heavy atom. The highest BCUT2D eigenvalue weighted by molar-refractivity contribution is 5.95. The molecule has 26 heavy (non-hydrogen) atoms. The summed E-state index contributed by atoms with van der Waals surface area (Å²) in [6, 6.07) is 5.09. The Balaban J connectivity index is 1.94. The number of hydrogen-bond acceptors (Lipinski definition) is 4. The van der Waals surface area contributed by atoms with E-state index in [1.807, 2.05) is 32.9 Å². The maximum absolute atomic E-state index is 12.6. The number of aromatic carboxylic acids is 1. The van der Waals surface area contributed by atoms with Gasteiger partial charge in [-0.3, -0.25) is 4.90 Å². The summed E-state index contributed by atoms with van der Waals surface area (Å²) in [7, 11) is 0. The molecule has 3 rings (SSSR count). The van der Waals surface area contributed by atoms with E-state index in [0.29, 0.717) is 25.3 Å². The second-order valence-electron chi connectivity index (χ2n) is 7.55. The van der Waals surface area contributed by atoms with E-state index in [4.69, 9.17) is 9.47 Å². The number of carboxylic acids is 1. The van der Waals surface area contributed by atoms with Gasteiger partial charge in [-0.2, -0.15) is 0 Å². The summed E-state index contributed by atoms with van der Waals surface area (Å²) in [6.07, 6.45) is -0.383. The molecule has 1 amide bonds. The number of morpholine rings is 1. The number of ether oxygens (including phenoxy) is 2. The Hall–Kier alpha value is -2.54. The molecule has 0 aliphatic carbocycles. The molecule has 0 spiro atoms. The number of carbonyl (C=O) groups excluding carboxylic acids is 1. The molecule has 0 radical (unpaired) electrons. The highest BCUT2D eigenvalue weighted by Crippen LogP contribution is 2.29. The molecule has 1 aromatic heterocycles. The van der Waals surface area contributed by atoms with E-state index in [1.54, 1.807) is 17.9 Å². The van der Waals surface area contributed by atoms with Crippen LogP contribution in [-0.2, 0) is 9.47 Å². The molecule has 140 valence electrons. The quantitative estimate of drug-likeness (QED) is 0.855. The molecule has 1 aliphatic heterocycles. The Labute approximate surface area is 151 Å². The van der Waals surface area contributed by atoms with Gasteiger partial charge < -0.3 is 19.6 Å². The fourth-order valence-corrected chi connectivity index (χ4v) is 3.13. The normalized spacial score (nSPS) is 18.2. The van der Waals surface area contributed by atoms with Crippen molar-refractivity contribution in [2.45, 2.75) is 39.3 Å². The van der Waals surface area contributed by atoms with E-state index < -0.39 is 11.6 Å². The van der Waals surface area contributed by atoms with Crippen LogP contribution >= 0.6 is 0 Å². The van der Waals surface area contributed by atoms with Crippen molar-refractivity contribution in [2.24, 2.45) is 0 Å². The number of fused-ring (bicyclic) bond motifs is 1. The van der Waals surface area contributed by atoms with Crippen LogP contribution in [0.25, 0.3) is 10.9 Å². The summed E-state index contributed by atoms with van der Waals surface area (Å²) >= 11 is 0. The van der Waals surface area contributed by atoms with Crippen LogP contribution < -0.4 is 0 Å². The monoisotopic (exact) mass is 360 g/mol. The number of aryl methyl sites for hydroxylation is 1. The van der Waals surface area contributed by atoms with Gasteiger partial charge in [0.2, 0.25) is 0 Å². The summed E-state index contributed by atoms with van der Waals surface area (Å²) < 4.78 is 11.1. The summed E-state index contributed by atoms with van der Waals surface area (Å²) in [5.74, 6) is -0.961. The van der Waals surface area contributed by atoms with Gasteiger partial charge in [-0.1, -0.05) is 0 Å². The number of nitrogens with zero attached hydrogens (tertiary/aromatic N) is 1. The van der Waals surface area contributed by atoms with Crippen LogP contribution in [0.5, 0.6) is 0 Å². The van der Waals surface area contributed by atoms with Gasteiger partial charge >= 0.3 is 12.1 Å². The minimum Gasteiger partial charge on any atom is -0.478 e. The van der Waals surface area contributed by atoms with E-state index in [9.17, 15) is 14.7 Å². The second-order valence-corrected chi connectivity index (χ2v) is 7.55. The van der Waals surface area contributed by atoms with Crippen molar-refractivity contribution in [1.29, 1.82) is 0 Å². The first-order valence-corrected chi connectivity index (χ1v) is 8.59. The molecule has 0 bridgehead atoms. The molecule has 2 aromatic rings. The number of carboxylic acid groups (broad SMARTS) is 1. The van der Waals surface area contributed by atoms with Crippen molar-refractivity contribution in [3.05, 3.63) is 35.0 Å². The van der Waals surface area contributed by atoms with Crippen molar-refractivity contribution >= 4 is 23.0 Å². The van der Waals surface area contributed by atoms with Gasteiger partial charge in [0.1, 0.15) is 5.60 Å². The SMILES string of the molecule is Cc1cc2cc(C3COCCN3C(=O)OC(C)(C)C)[nH]c2cc1C(=O)O.